The van der Waals surface area contributed by atoms with Crippen LogP contribution in [0.3, 0.4) is 0 Å². The Morgan fingerprint density at radius 2 is 2.29 bits per heavy atom. The second-order valence-corrected chi connectivity index (χ2v) is 4.07. The first-order valence-corrected chi connectivity index (χ1v) is 5.06. The molecule has 0 saturated heterocycles. The molecule has 1 saturated carbocycles. The van der Waals surface area contributed by atoms with Gasteiger partial charge in [-0.2, -0.15) is 0 Å². The van der Waals surface area contributed by atoms with Crippen molar-refractivity contribution >= 4 is 0 Å². The van der Waals surface area contributed by atoms with Gasteiger partial charge in [0.05, 0.1) is 6.10 Å². The third kappa shape index (κ3) is 2.30. The van der Waals surface area contributed by atoms with Crippen LogP contribution in [0, 0.1) is 6.92 Å². The number of rotatable bonds is 3. The Hall–Kier alpha value is -0.930. The molecular weight excluding hydrogens is 176 g/mol. The van der Waals surface area contributed by atoms with Crippen molar-refractivity contribution in [1.82, 2.24) is 10.3 Å². The molecule has 1 aromatic rings. The van der Waals surface area contributed by atoms with Gasteiger partial charge in [0.25, 0.3) is 0 Å². The molecule has 0 spiro atoms. The van der Waals surface area contributed by atoms with E-state index >= 15 is 0 Å². The van der Waals surface area contributed by atoms with E-state index in [9.17, 15) is 0 Å². The summed E-state index contributed by atoms with van der Waals surface area (Å²) >= 11 is 0. The molecule has 1 fully saturated rings. The van der Waals surface area contributed by atoms with Crippen LogP contribution in [-0.4, -0.2) is 22.2 Å². The van der Waals surface area contributed by atoms with E-state index in [0.717, 1.165) is 19.4 Å². The van der Waals surface area contributed by atoms with Crippen molar-refractivity contribution in [2.75, 3.05) is 0 Å². The van der Waals surface area contributed by atoms with Crippen molar-refractivity contribution < 1.29 is 5.11 Å². The standard InChI is InChI=1S/C11H16N2O/c1-8-2-9(6-12-5-8)7-13-10-3-11(14)4-10/h2,5-6,10-11,13-14H,3-4,7H2,1H3. The molecule has 0 atom stereocenters. The SMILES string of the molecule is Cc1cncc(CNC2CC(O)C2)c1. The predicted octanol–water partition coefficient (Wildman–Crippen LogP) is 1.00. The summed E-state index contributed by atoms with van der Waals surface area (Å²) in [6, 6.07) is 2.63. The second-order valence-electron chi connectivity index (χ2n) is 4.07. The highest BCUT2D eigenvalue weighted by atomic mass is 16.3. The molecule has 1 aliphatic carbocycles. The Morgan fingerprint density at radius 3 is 2.93 bits per heavy atom. The summed E-state index contributed by atoms with van der Waals surface area (Å²) in [5.41, 5.74) is 2.41. The first kappa shape index (κ1) is 9.62. The number of aliphatic hydroxyl groups excluding tert-OH is 1. The zero-order valence-corrected chi connectivity index (χ0v) is 8.40. The van der Waals surface area contributed by atoms with E-state index in [1.807, 2.05) is 19.3 Å². The van der Waals surface area contributed by atoms with Gasteiger partial charge in [0, 0.05) is 25.0 Å². The maximum atomic E-state index is 9.11. The number of nitrogens with one attached hydrogen (secondary N) is 1. The highest BCUT2D eigenvalue weighted by molar-refractivity contribution is 5.16. The second kappa shape index (κ2) is 4.07. The van der Waals surface area contributed by atoms with Gasteiger partial charge in [-0.05, 0) is 30.9 Å². The third-order valence-electron chi connectivity index (χ3n) is 2.64. The minimum atomic E-state index is -0.0804. The van der Waals surface area contributed by atoms with E-state index in [1.54, 1.807) is 0 Å². The van der Waals surface area contributed by atoms with Gasteiger partial charge in [-0.25, -0.2) is 0 Å². The fourth-order valence-corrected chi connectivity index (χ4v) is 1.73. The fourth-order valence-electron chi connectivity index (χ4n) is 1.73. The quantitative estimate of drug-likeness (QED) is 0.751. The van der Waals surface area contributed by atoms with Crippen LogP contribution in [0.4, 0.5) is 0 Å². The molecule has 2 N–H and O–H groups in total. The van der Waals surface area contributed by atoms with E-state index in [0.29, 0.717) is 6.04 Å². The van der Waals surface area contributed by atoms with Crippen molar-refractivity contribution in [2.45, 2.75) is 38.5 Å². The van der Waals surface area contributed by atoms with Crippen LogP contribution in [0.5, 0.6) is 0 Å². The summed E-state index contributed by atoms with van der Waals surface area (Å²) in [6.07, 6.45) is 5.44. The van der Waals surface area contributed by atoms with Gasteiger partial charge in [-0.15, -0.1) is 0 Å². The number of aromatic nitrogens is 1. The molecule has 0 aromatic carbocycles. The maximum absolute atomic E-state index is 9.11. The predicted molar refractivity (Wildman–Crippen MR) is 54.8 cm³/mol. The van der Waals surface area contributed by atoms with Crippen molar-refractivity contribution in [3.8, 4) is 0 Å². The van der Waals surface area contributed by atoms with Gasteiger partial charge in [0.2, 0.25) is 0 Å². The maximum Gasteiger partial charge on any atom is 0.0570 e. The lowest BCUT2D eigenvalue weighted by Gasteiger charge is -2.32. The molecule has 1 heterocycles. The first-order chi connectivity index (χ1) is 6.74. The third-order valence-corrected chi connectivity index (χ3v) is 2.64. The molecule has 0 radical (unpaired) electrons. The summed E-state index contributed by atoms with van der Waals surface area (Å²) < 4.78 is 0. The monoisotopic (exact) mass is 192 g/mol. The lowest BCUT2D eigenvalue weighted by atomic mass is 9.89. The van der Waals surface area contributed by atoms with Crippen molar-refractivity contribution in [1.29, 1.82) is 0 Å². The van der Waals surface area contributed by atoms with E-state index < -0.39 is 0 Å². The van der Waals surface area contributed by atoms with Crippen LogP contribution < -0.4 is 5.32 Å². The van der Waals surface area contributed by atoms with Gasteiger partial charge >= 0.3 is 0 Å². The fraction of sp³-hybridized carbons (Fsp3) is 0.545. The molecule has 76 valence electrons. The Bertz CT molecular complexity index is 308. The average Bonchev–Trinajstić information content (AvgIpc) is 2.11. The topological polar surface area (TPSA) is 45.2 Å². The van der Waals surface area contributed by atoms with Crippen LogP contribution in [0.15, 0.2) is 18.5 Å². The number of hydrogen-bond donors (Lipinski definition) is 2. The normalized spacial score (nSPS) is 25.9. The van der Waals surface area contributed by atoms with E-state index in [4.69, 9.17) is 5.11 Å². The molecule has 0 bridgehead atoms. The summed E-state index contributed by atoms with van der Waals surface area (Å²) in [7, 11) is 0. The Kier molecular flexibility index (Phi) is 2.79. The molecule has 0 amide bonds. The van der Waals surface area contributed by atoms with Gasteiger partial charge in [-0.1, -0.05) is 6.07 Å². The highest BCUT2D eigenvalue weighted by Crippen LogP contribution is 2.19. The lowest BCUT2D eigenvalue weighted by Crippen LogP contribution is -2.43. The summed E-state index contributed by atoms with van der Waals surface area (Å²) in [4.78, 5) is 4.13. The average molecular weight is 192 g/mol. The van der Waals surface area contributed by atoms with Crippen molar-refractivity contribution in [2.24, 2.45) is 0 Å². The molecule has 0 unspecified atom stereocenters. The molecule has 3 heteroatoms. The minimum absolute atomic E-state index is 0.0804. The van der Waals surface area contributed by atoms with Crippen LogP contribution >= 0.6 is 0 Å². The van der Waals surface area contributed by atoms with E-state index in [2.05, 4.69) is 16.4 Å². The van der Waals surface area contributed by atoms with Gasteiger partial charge in [0.15, 0.2) is 0 Å². The van der Waals surface area contributed by atoms with Crippen LogP contribution in [0.2, 0.25) is 0 Å². The molecule has 2 rings (SSSR count). The molecule has 0 aliphatic heterocycles. The summed E-state index contributed by atoms with van der Waals surface area (Å²) in [6.45, 7) is 2.90. The number of aryl methyl sites for hydroxylation is 1. The molecule has 3 nitrogen and oxygen atoms in total. The largest absolute Gasteiger partial charge is 0.393 e. The van der Waals surface area contributed by atoms with Crippen LogP contribution in [0.1, 0.15) is 24.0 Å². The Balaban J connectivity index is 1.80. The number of pyridine rings is 1. The summed E-state index contributed by atoms with van der Waals surface area (Å²) in [5.74, 6) is 0. The van der Waals surface area contributed by atoms with Gasteiger partial charge in [0.1, 0.15) is 0 Å². The molecule has 1 aliphatic rings. The van der Waals surface area contributed by atoms with Crippen molar-refractivity contribution in [3.63, 3.8) is 0 Å². The molecule has 1 aromatic heterocycles. The van der Waals surface area contributed by atoms with Gasteiger partial charge < -0.3 is 10.4 Å². The Labute approximate surface area is 84.2 Å². The molecule has 14 heavy (non-hydrogen) atoms. The highest BCUT2D eigenvalue weighted by Gasteiger charge is 2.26. The first-order valence-electron chi connectivity index (χ1n) is 5.06. The van der Waals surface area contributed by atoms with Crippen molar-refractivity contribution in [3.05, 3.63) is 29.6 Å². The van der Waals surface area contributed by atoms with E-state index in [-0.39, 0.29) is 6.10 Å². The zero-order chi connectivity index (χ0) is 9.97. The summed E-state index contributed by atoms with van der Waals surface area (Å²) in [5, 5.41) is 12.5. The number of hydrogen-bond acceptors (Lipinski definition) is 3. The zero-order valence-electron chi connectivity index (χ0n) is 8.40. The van der Waals surface area contributed by atoms with Crippen LogP contribution in [-0.2, 0) is 6.54 Å². The van der Waals surface area contributed by atoms with E-state index in [1.165, 1.54) is 11.1 Å². The minimum Gasteiger partial charge on any atom is -0.393 e. The Morgan fingerprint density at radius 1 is 1.50 bits per heavy atom. The lowest BCUT2D eigenvalue weighted by molar-refractivity contribution is 0.0619. The van der Waals surface area contributed by atoms with Gasteiger partial charge in [-0.3, -0.25) is 4.98 Å². The number of aliphatic hydroxyl groups is 1. The van der Waals surface area contributed by atoms with Crippen LogP contribution in [0.25, 0.3) is 0 Å². The molecular formula is C11H16N2O. The smallest absolute Gasteiger partial charge is 0.0570 e. The number of nitrogens with zero attached hydrogens (tertiary/aromatic N) is 1.